The summed E-state index contributed by atoms with van der Waals surface area (Å²) in [5, 5.41) is 16.5. The molecule has 1 saturated heterocycles. The highest BCUT2D eigenvalue weighted by Gasteiger charge is 2.28. The Bertz CT molecular complexity index is 520. The van der Waals surface area contributed by atoms with Gasteiger partial charge >= 0.3 is 0 Å². The van der Waals surface area contributed by atoms with Crippen molar-refractivity contribution in [2.45, 2.75) is 18.6 Å². The Morgan fingerprint density at radius 1 is 1.59 bits per heavy atom. The van der Waals surface area contributed by atoms with Gasteiger partial charge < -0.3 is 19.5 Å². The molecule has 7 nitrogen and oxygen atoms in total. The molecule has 0 bridgehead atoms. The van der Waals surface area contributed by atoms with Crippen LogP contribution >= 0.6 is 0 Å². The van der Waals surface area contributed by atoms with Gasteiger partial charge in [-0.2, -0.15) is 4.98 Å². The summed E-state index contributed by atoms with van der Waals surface area (Å²) in [4.78, 5) is 8.32. The van der Waals surface area contributed by atoms with Crippen LogP contribution in [-0.4, -0.2) is 37.4 Å². The Morgan fingerprint density at radius 3 is 3.12 bits per heavy atom. The van der Waals surface area contributed by atoms with Crippen LogP contribution in [0.25, 0.3) is 11.5 Å². The first kappa shape index (κ1) is 10.4. The number of rotatable bonds is 2. The van der Waals surface area contributed by atoms with Crippen molar-refractivity contribution in [3.05, 3.63) is 18.4 Å². The summed E-state index contributed by atoms with van der Waals surface area (Å²) in [6.07, 6.45) is 3.63. The SMILES string of the molecule is Cn1cncc1-c1noc([C@@H]2C[C@@H](O)CN2)n1. The molecule has 0 spiro atoms. The van der Waals surface area contributed by atoms with Crippen molar-refractivity contribution in [3.63, 3.8) is 0 Å². The molecule has 1 fully saturated rings. The van der Waals surface area contributed by atoms with Crippen LogP contribution in [0.15, 0.2) is 17.0 Å². The minimum atomic E-state index is -0.341. The number of β-amino-alcohol motifs (C(OH)–C–C–N with tert-alkyl or cyclic N) is 1. The average molecular weight is 235 g/mol. The Balaban J connectivity index is 1.86. The van der Waals surface area contributed by atoms with Crippen LogP contribution in [0.5, 0.6) is 0 Å². The van der Waals surface area contributed by atoms with Gasteiger partial charge in [-0.3, -0.25) is 0 Å². The van der Waals surface area contributed by atoms with Gasteiger partial charge in [0, 0.05) is 13.6 Å². The molecular formula is C10H13N5O2. The third kappa shape index (κ3) is 1.83. The first-order chi connectivity index (χ1) is 8.24. The number of aryl methyl sites for hydroxylation is 1. The molecule has 2 aromatic heterocycles. The Kier molecular flexibility index (Phi) is 2.41. The summed E-state index contributed by atoms with van der Waals surface area (Å²) in [6.45, 7) is 0.564. The third-order valence-corrected chi connectivity index (χ3v) is 2.89. The van der Waals surface area contributed by atoms with Gasteiger partial charge in [0.2, 0.25) is 11.7 Å². The standard InChI is InChI=1S/C10H13N5O2/c1-15-5-11-4-8(15)9-13-10(17-14-9)7-2-6(16)3-12-7/h4-7,12,16H,2-3H2,1H3/t6-,7+/m1/s1. The first-order valence-electron chi connectivity index (χ1n) is 5.46. The van der Waals surface area contributed by atoms with Crippen molar-refractivity contribution in [1.29, 1.82) is 0 Å². The number of imidazole rings is 1. The second-order valence-corrected chi connectivity index (χ2v) is 4.20. The van der Waals surface area contributed by atoms with Crippen molar-refractivity contribution in [2.75, 3.05) is 6.54 Å². The number of aliphatic hydroxyl groups is 1. The summed E-state index contributed by atoms with van der Waals surface area (Å²) < 4.78 is 7.02. The molecule has 0 saturated carbocycles. The maximum atomic E-state index is 9.43. The zero-order valence-electron chi connectivity index (χ0n) is 9.37. The maximum Gasteiger partial charge on any atom is 0.244 e. The lowest BCUT2D eigenvalue weighted by molar-refractivity contribution is 0.191. The summed E-state index contributed by atoms with van der Waals surface area (Å²) in [6, 6.07) is -0.0560. The van der Waals surface area contributed by atoms with E-state index in [2.05, 4.69) is 20.4 Å². The lowest BCUT2D eigenvalue weighted by atomic mass is 10.2. The molecular weight excluding hydrogens is 222 g/mol. The molecule has 1 aliphatic rings. The molecule has 2 atom stereocenters. The zero-order valence-corrected chi connectivity index (χ0v) is 9.37. The summed E-state index contributed by atoms with van der Waals surface area (Å²) in [5.74, 6) is 1.03. The minimum absolute atomic E-state index is 0.0560. The van der Waals surface area contributed by atoms with Gasteiger partial charge in [0.1, 0.15) is 5.69 Å². The lowest BCUT2D eigenvalue weighted by Gasteiger charge is -2.01. The lowest BCUT2D eigenvalue weighted by Crippen LogP contribution is -2.15. The largest absolute Gasteiger partial charge is 0.392 e. The van der Waals surface area contributed by atoms with E-state index < -0.39 is 0 Å². The molecule has 0 aliphatic carbocycles. The highest BCUT2D eigenvalue weighted by atomic mass is 16.5. The molecule has 17 heavy (non-hydrogen) atoms. The molecule has 0 amide bonds. The summed E-state index contributed by atoms with van der Waals surface area (Å²) >= 11 is 0. The van der Waals surface area contributed by atoms with Crippen molar-refractivity contribution in [3.8, 4) is 11.5 Å². The minimum Gasteiger partial charge on any atom is -0.392 e. The van der Waals surface area contributed by atoms with Crippen LogP contribution in [0.2, 0.25) is 0 Å². The van der Waals surface area contributed by atoms with Crippen LogP contribution in [0.1, 0.15) is 18.4 Å². The van der Waals surface area contributed by atoms with Gasteiger partial charge in [-0.1, -0.05) is 5.16 Å². The highest BCUT2D eigenvalue weighted by Crippen LogP contribution is 2.24. The topological polar surface area (TPSA) is 89.0 Å². The molecule has 0 radical (unpaired) electrons. The van der Waals surface area contributed by atoms with E-state index in [1.807, 2.05) is 11.6 Å². The number of aromatic nitrogens is 4. The van der Waals surface area contributed by atoms with E-state index in [0.29, 0.717) is 24.7 Å². The smallest absolute Gasteiger partial charge is 0.244 e. The summed E-state index contributed by atoms with van der Waals surface area (Å²) in [5.41, 5.74) is 0.804. The first-order valence-corrected chi connectivity index (χ1v) is 5.46. The van der Waals surface area contributed by atoms with E-state index >= 15 is 0 Å². The third-order valence-electron chi connectivity index (χ3n) is 2.89. The fraction of sp³-hybridized carbons (Fsp3) is 0.500. The average Bonchev–Trinajstić information content (AvgIpc) is 2.97. The van der Waals surface area contributed by atoms with Gasteiger partial charge in [-0.25, -0.2) is 4.98 Å². The van der Waals surface area contributed by atoms with Crippen LogP contribution < -0.4 is 5.32 Å². The van der Waals surface area contributed by atoms with E-state index in [1.165, 1.54) is 0 Å². The van der Waals surface area contributed by atoms with Crippen LogP contribution in [0, 0.1) is 0 Å². The van der Waals surface area contributed by atoms with Crippen LogP contribution in [0.4, 0.5) is 0 Å². The van der Waals surface area contributed by atoms with Gasteiger partial charge in [-0.05, 0) is 6.42 Å². The second kappa shape index (κ2) is 3.94. The molecule has 7 heteroatoms. The number of nitrogens with one attached hydrogen (secondary N) is 1. The van der Waals surface area contributed by atoms with Crippen molar-refractivity contribution in [2.24, 2.45) is 7.05 Å². The Morgan fingerprint density at radius 2 is 2.47 bits per heavy atom. The van der Waals surface area contributed by atoms with Crippen LogP contribution in [-0.2, 0) is 7.05 Å². The Hall–Kier alpha value is -1.73. The molecule has 3 rings (SSSR count). The van der Waals surface area contributed by atoms with E-state index in [0.717, 1.165) is 5.69 Å². The normalized spacial score (nSPS) is 24.4. The van der Waals surface area contributed by atoms with E-state index in [1.54, 1.807) is 12.5 Å². The fourth-order valence-corrected chi connectivity index (χ4v) is 1.96. The molecule has 2 N–H and O–H groups in total. The Labute approximate surface area is 97.5 Å². The quantitative estimate of drug-likeness (QED) is 0.753. The molecule has 90 valence electrons. The fourth-order valence-electron chi connectivity index (χ4n) is 1.96. The van der Waals surface area contributed by atoms with Gasteiger partial charge in [0.15, 0.2) is 0 Å². The van der Waals surface area contributed by atoms with Gasteiger partial charge in [0.25, 0.3) is 0 Å². The molecule has 0 unspecified atom stereocenters. The zero-order chi connectivity index (χ0) is 11.8. The number of hydrogen-bond acceptors (Lipinski definition) is 6. The molecule has 2 aromatic rings. The molecule has 0 aromatic carbocycles. The number of aliphatic hydroxyl groups excluding tert-OH is 1. The summed E-state index contributed by atoms with van der Waals surface area (Å²) in [7, 11) is 1.87. The van der Waals surface area contributed by atoms with Crippen molar-refractivity contribution < 1.29 is 9.63 Å². The predicted octanol–water partition coefficient (Wildman–Crippen LogP) is -0.135. The maximum absolute atomic E-state index is 9.43. The van der Waals surface area contributed by atoms with E-state index in [9.17, 15) is 5.11 Å². The van der Waals surface area contributed by atoms with Crippen molar-refractivity contribution >= 4 is 0 Å². The van der Waals surface area contributed by atoms with Crippen LogP contribution in [0.3, 0.4) is 0 Å². The predicted molar refractivity (Wildman–Crippen MR) is 57.9 cm³/mol. The van der Waals surface area contributed by atoms with Crippen molar-refractivity contribution in [1.82, 2.24) is 25.0 Å². The molecule has 3 heterocycles. The molecule has 1 aliphatic heterocycles. The highest BCUT2D eigenvalue weighted by molar-refractivity contribution is 5.47. The number of nitrogens with zero attached hydrogens (tertiary/aromatic N) is 4. The van der Waals surface area contributed by atoms with E-state index in [-0.39, 0.29) is 12.1 Å². The van der Waals surface area contributed by atoms with Gasteiger partial charge in [-0.15, -0.1) is 0 Å². The van der Waals surface area contributed by atoms with Gasteiger partial charge in [0.05, 0.1) is 24.7 Å². The number of hydrogen-bond donors (Lipinski definition) is 2. The monoisotopic (exact) mass is 235 g/mol. The second-order valence-electron chi connectivity index (χ2n) is 4.20. The van der Waals surface area contributed by atoms with E-state index in [4.69, 9.17) is 4.52 Å².